The van der Waals surface area contributed by atoms with Crippen molar-refractivity contribution in [3.8, 4) is 16.8 Å². The molecule has 1 aliphatic rings. The van der Waals surface area contributed by atoms with Crippen LogP contribution in [-0.2, 0) is 42.6 Å². The van der Waals surface area contributed by atoms with E-state index in [2.05, 4.69) is 17.7 Å². The van der Waals surface area contributed by atoms with Crippen LogP contribution in [-0.4, -0.2) is 46.7 Å². The molecule has 2 heterocycles. The highest BCUT2D eigenvalue weighted by Crippen LogP contribution is 2.36. The van der Waals surface area contributed by atoms with Gasteiger partial charge in [-0.2, -0.15) is 5.10 Å². The minimum absolute atomic E-state index is 0.0301. The SMILES string of the molecule is CCCCc1c(-c2ccc(CNS(=O)(=O)c3ccc4ccccc4c3)cc2C(=O)N2Cc3ccccc3CC2CN)c(CO)nn1-c1ccccc1. The number of rotatable bonds is 12. The zero-order valence-corrected chi connectivity index (χ0v) is 30.0. The molecule has 1 aromatic heterocycles. The van der Waals surface area contributed by atoms with Crippen LogP contribution in [0.5, 0.6) is 0 Å². The number of unbranched alkanes of at least 4 members (excludes halogenated alkanes) is 1. The molecule has 1 aliphatic heterocycles. The number of carbonyl (C=O) groups is 1. The van der Waals surface area contributed by atoms with Gasteiger partial charge in [0.1, 0.15) is 0 Å². The Kier molecular flexibility index (Phi) is 10.3. The first kappa shape index (κ1) is 35.3. The monoisotopic (exact) mass is 713 g/mol. The molecule has 1 amide bonds. The molecule has 9 nitrogen and oxygen atoms in total. The van der Waals surface area contributed by atoms with Crippen LogP contribution < -0.4 is 10.5 Å². The number of hydrogen-bond donors (Lipinski definition) is 3. The Hall–Kier alpha value is -5.13. The quantitative estimate of drug-likeness (QED) is 0.132. The topological polar surface area (TPSA) is 131 Å². The summed E-state index contributed by atoms with van der Waals surface area (Å²) < 4.78 is 31.7. The Morgan fingerprint density at radius 1 is 0.904 bits per heavy atom. The Balaban J connectivity index is 1.32. The normalized spacial score (nSPS) is 14.4. The number of amides is 1. The molecule has 7 rings (SSSR count). The molecule has 1 unspecified atom stereocenters. The van der Waals surface area contributed by atoms with Crippen molar-refractivity contribution in [2.24, 2.45) is 5.73 Å². The summed E-state index contributed by atoms with van der Waals surface area (Å²) in [5.74, 6) is -0.211. The van der Waals surface area contributed by atoms with E-state index in [9.17, 15) is 18.3 Å². The van der Waals surface area contributed by atoms with Crippen molar-refractivity contribution in [1.82, 2.24) is 19.4 Å². The average Bonchev–Trinajstić information content (AvgIpc) is 3.56. The van der Waals surface area contributed by atoms with Gasteiger partial charge in [0, 0.05) is 36.8 Å². The maximum absolute atomic E-state index is 14.9. The van der Waals surface area contributed by atoms with Crippen molar-refractivity contribution in [2.45, 2.75) is 63.2 Å². The van der Waals surface area contributed by atoms with Crippen LogP contribution in [0.15, 0.2) is 120 Å². The number of nitrogens with two attached hydrogens (primary N) is 1. The number of carbonyl (C=O) groups excluding carboxylic acids is 1. The smallest absolute Gasteiger partial charge is 0.255 e. The molecule has 0 saturated heterocycles. The van der Waals surface area contributed by atoms with Gasteiger partial charge in [-0.15, -0.1) is 0 Å². The molecule has 266 valence electrons. The zero-order valence-electron chi connectivity index (χ0n) is 29.2. The van der Waals surface area contributed by atoms with Gasteiger partial charge in [0.25, 0.3) is 5.91 Å². The molecular weight excluding hydrogens is 671 g/mol. The maximum Gasteiger partial charge on any atom is 0.255 e. The molecule has 0 spiro atoms. The van der Waals surface area contributed by atoms with Crippen molar-refractivity contribution in [3.63, 3.8) is 0 Å². The molecule has 1 atom stereocenters. The maximum atomic E-state index is 14.9. The third-order valence-corrected chi connectivity index (χ3v) is 11.3. The second kappa shape index (κ2) is 15.2. The van der Waals surface area contributed by atoms with Gasteiger partial charge in [-0.25, -0.2) is 17.8 Å². The lowest BCUT2D eigenvalue weighted by molar-refractivity contribution is 0.0648. The summed E-state index contributed by atoms with van der Waals surface area (Å²) in [5.41, 5.74) is 13.1. The van der Waals surface area contributed by atoms with Gasteiger partial charge < -0.3 is 15.7 Å². The van der Waals surface area contributed by atoms with Crippen LogP contribution in [0.3, 0.4) is 0 Å². The molecule has 4 N–H and O–H groups in total. The van der Waals surface area contributed by atoms with Crippen molar-refractivity contribution >= 4 is 26.7 Å². The van der Waals surface area contributed by atoms with Gasteiger partial charge in [0.15, 0.2) is 0 Å². The van der Waals surface area contributed by atoms with Gasteiger partial charge in [-0.3, -0.25) is 4.79 Å². The van der Waals surface area contributed by atoms with E-state index in [1.54, 1.807) is 24.3 Å². The van der Waals surface area contributed by atoms with Gasteiger partial charge in [-0.1, -0.05) is 98.3 Å². The number of benzene rings is 5. The fourth-order valence-corrected chi connectivity index (χ4v) is 8.22. The van der Waals surface area contributed by atoms with Crippen LogP contribution in [0.2, 0.25) is 0 Å². The molecule has 5 aromatic carbocycles. The first-order valence-corrected chi connectivity index (χ1v) is 19.3. The number of sulfonamides is 1. The Bertz CT molecular complexity index is 2340. The van der Waals surface area contributed by atoms with E-state index in [-0.39, 0.29) is 36.5 Å². The average molecular weight is 714 g/mol. The fourth-order valence-electron chi connectivity index (χ4n) is 7.17. The Morgan fingerprint density at radius 2 is 1.63 bits per heavy atom. The predicted octanol–water partition coefficient (Wildman–Crippen LogP) is 6.53. The van der Waals surface area contributed by atoms with Crippen molar-refractivity contribution in [3.05, 3.63) is 149 Å². The second-order valence-electron chi connectivity index (χ2n) is 13.3. The van der Waals surface area contributed by atoms with Crippen molar-refractivity contribution in [1.29, 1.82) is 0 Å². The highest BCUT2D eigenvalue weighted by Gasteiger charge is 2.32. The van der Waals surface area contributed by atoms with Gasteiger partial charge in [0.2, 0.25) is 10.0 Å². The number of aliphatic hydroxyl groups excluding tert-OH is 1. The molecule has 0 aliphatic carbocycles. The molecular formula is C42H43N5O4S. The largest absolute Gasteiger partial charge is 0.390 e. The predicted molar refractivity (Wildman–Crippen MR) is 204 cm³/mol. The molecule has 0 fully saturated rings. The number of aromatic nitrogens is 2. The molecule has 10 heteroatoms. The van der Waals surface area contributed by atoms with Crippen LogP contribution in [0.1, 0.15) is 58.2 Å². The number of hydrogen-bond acceptors (Lipinski definition) is 6. The lowest BCUT2D eigenvalue weighted by atomic mass is 9.90. The highest BCUT2D eigenvalue weighted by atomic mass is 32.2. The van der Waals surface area contributed by atoms with E-state index in [0.29, 0.717) is 47.3 Å². The summed E-state index contributed by atoms with van der Waals surface area (Å²) >= 11 is 0. The summed E-state index contributed by atoms with van der Waals surface area (Å²) in [7, 11) is -3.88. The molecule has 0 saturated carbocycles. The van der Waals surface area contributed by atoms with Gasteiger partial charge in [-0.05, 0) is 82.6 Å². The third kappa shape index (κ3) is 7.03. The first-order valence-electron chi connectivity index (χ1n) is 17.8. The molecule has 52 heavy (non-hydrogen) atoms. The van der Waals surface area contributed by atoms with Crippen LogP contribution in [0.25, 0.3) is 27.6 Å². The fraction of sp³-hybridized carbons (Fsp3) is 0.238. The number of nitrogens with zero attached hydrogens (tertiary/aromatic N) is 3. The van der Waals surface area contributed by atoms with Crippen LogP contribution in [0, 0.1) is 0 Å². The number of para-hydroxylation sites is 1. The lowest BCUT2D eigenvalue weighted by Gasteiger charge is -2.37. The van der Waals surface area contributed by atoms with E-state index in [1.807, 2.05) is 94.5 Å². The van der Waals surface area contributed by atoms with Gasteiger partial charge >= 0.3 is 0 Å². The summed E-state index contributed by atoms with van der Waals surface area (Å²) in [6.45, 7) is 2.46. The van der Waals surface area contributed by atoms with E-state index in [4.69, 9.17) is 10.8 Å². The minimum atomic E-state index is -3.88. The van der Waals surface area contributed by atoms with Crippen LogP contribution >= 0.6 is 0 Å². The molecule has 0 radical (unpaired) electrons. The summed E-state index contributed by atoms with van der Waals surface area (Å²) in [6, 6.07) is 35.8. The minimum Gasteiger partial charge on any atom is -0.390 e. The third-order valence-electron chi connectivity index (χ3n) is 9.94. The summed E-state index contributed by atoms with van der Waals surface area (Å²) in [6.07, 6.45) is 3.14. The summed E-state index contributed by atoms with van der Waals surface area (Å²) in [4.78, 5) is 16.9. The first-order chi connectivity index (χ1) is 25.3. The van der Waals surface area contributed by atoms with E-state index in [1.165, 1.54) is 5.56 Å². The van der Waals surface area contributed by atoms with E-state index >= 15 is 0 Å². The van der Waals surface area contributed by atoms with E-state index < -0.39 is 10.0 Å². The molecule has 6 aromatic rings. The van der Waals surface area contributed by atoms with E-state index in [0.717, 1.165) is 40.6 Å². The van der Waals surface area contributed by atoms with Gasteiger partial charge in [0.05, 0.1) is 28.6 Å². The van der Waals surface area contributed by atoms with Crippen LogP contribution in [0.4, 0.5) is 0 Å². The number of nitrogens with one attached hydrogen (secondary N) is 1. The Morgan fingerprint density at radius 3 is 2.38 bits per heavy atom. The van der Waals surface area contributed by atoms with Crippen molar-refractivity contribution in [2.75, 3.05) is 6.54 Å². The lowest BCUT2D eigenvalue weighted by Crippen LogP contribution is -2.48. The number of fused-ring (bicyclic) bond motifs is 2. The second-order valence-corrected chi connectivity index (χ2v) is 15.1. The number of aliphatic hydroxyl groups is 1. The zero-order chi connectivity index (χ0) is 36.2. The molecule has 0 bridgehead atoms. The highest BCUT2D eigenvalue weighted by molar-refractivity contribution is 7.89. The summed E-state index contributed by atoms with van der Waals surface area (Å²) in [5, 5.41) is 17.4. The Labute approximate surface area is 304 Å². The standard InChI is InChI=1S/C42H43N5O4S/c1-2-3-17-40-41(39(28-48)45-47(40)34-15-5-4-6-16-34)37-21-18-29(26-44-52(50,51)36-20-19-30-11-7-8-13-32(30)24-36)22-38(37)42(49)46-27-33-14-10-9-12-31(33)23-35(46)25-43/h4-16,18-22,24,35,44,48H,2-3,17,23,25-28,43H2,1H3. The van der Waals surface area contributed by atoms with Crippen molar-refractivity contribution < 1.29 is 18.3 Å².